The van der Waals surface area contributed by atoms with Gasteiger partial charge in [0.15, 0.2) is 0 Å². The van der Waals surface area contributed by atoms with Crippen molar-refractivity contribution in [3.63, 3.8) is 0 Å². The first-order chi connectivity index (χ1) is 8.79. The molecule has 3 heteroatoms. The van der Waals surface area contributed by atoms with Crippen molar-refractivity contribution in [1.82, 2.24) is 4.98 Å². The van der Waals surface area contributed by atoms with Crippen molar-refractivity contribution in [2.75, 3.05) is 6.61 Å². The Balaban J connectivity index is 1.82. The SMILES string of the molecule is Cc1ccc(OCCC2CCCCC2)c(CBr)n1. The summed E-state index contributed by atoms with van der Waals surface area (Å²) in [6, 6.07) is 4.06. The zero-order valence-electron chi connectivity index (χ0n) is 11.1. The van der Waals surface area contributed by atoms with Crippen LogP contribution in [0.5, 0.6) is 5.75 Å². The largest absolute Gasteiger partial charge is 0.492 e. The lowest BCUT2D eigenvalue weighted by atomic mass is 9.87. The molecule has 0 aromatic carbocycles. The van der Waals surface area contributed by atoms with Gasteiger partial charge < -0.3 is 4.74 Å². The standard InChI is InChI=1S/C15H22BrNO/c1-12-7-8-15(14(11-16)17-12)18-10-9-13-5-3-2-4-6-13/h7-8,13H,2-6,9-11H2,1H3. The van der Waals surface area contributed by atoms with Gasteiger partial charge in [-0.3, -0.25) is 4.98 Å². The Morgan fingerprint density at radius 2 is 2.06 bits per heavy atom. The van der Waals surface area contributed by atoms with Gasteiger partial charge in [-0.1, -0.05) is 48.0 Å². The summed E-state index contributed by atoms with van der Waals surface area (Å²) >= 11 is 3.47. The van der Waals surface area contributed by atoms with Crippen LogP contribution in [0.4, 0.5) is 0 Å². The van der Waals surface area contributed by atoms with E-state index in [-0.39, 0.29) is 0 Å². The quantitative estimate of drug-likeness (QED) is 0.739. The molecule has 0 radical (unpaired) electrons. The topological polar surface area (TPSA) is 22.1 Å². The fourth-order valence-corrected chi connectivity index (χ4v) is 3.04. The molecule has 0 unspecified atom stereocenters. The van der Waals surface area contributed by atoms with Crippen LogP contribution in [0.25, 0.3) is 0 Å². The van der Waals surface area contributed by atoms with Crippen molar-refractivity contribution in [2.45, 2.75) is 50.8 Å². The highest BCUT2D eigenvalue weighted by molar-refractivity contribution is 9.08. The molecule has 0 bridgehead atoms. The third kappa shape index (κ3) is 3.98. The fourth-order valence-electron chi connectivity index (χ4n) is 2.64. The molecule has 100 valence electrons. The van der Waals surface area contributed by atoms with Crippen LogP contribution in [-0.4, -0.2) is 11.6 Å². The van der Waals surface area contributed by atoms with E-state index in [1.165, 1.54) is 38.5 Å². The van der Waals surface area contributed by atoms with E-state index in [0.29, 0.717) is 0 Å². The van der Waals surface area contributed by atoms with Gasteiger partial charge in [0.05, 0.1) is 12.3 Å². The molecule has 0 N–H and O–H groups in total. The summed E-state index contributed by atoms with van der Waals surface area (Å²) in [5, 5.41) is 0.757. The second kappa shape index (κ2) is 7.13. The van der Waals surface area contributed by atoms with E-state index >= 15 is 0 Å². The summed E-state index contributed by atoms with van der Waals surface area (Å²) in [4.78, 5) is 4.49. The second-order valence-corrected chi connectivity index (χ2v) is 5.73. The van der Waals surface area contributed by atoms with Crippen LogP contribution >= 0.6 is 15.9 Å². The Morgan fingerprint density at radius 3 is 2.78 bits per heavy atom. The van der Waals surface area contributed by atoms with Gasteiger partial charge in [0.1, 0.15) is 5.75 Å². The van der Waals surface area contributed by atoms with Crippen LogP contribution in [0.15, 0.2) is 12.1 Å². The first kappa shape index (κ1) is 13.9. The van der Waals surface area contributed by atoms with Gasteiger partial charge in [-0.25, -0.2) is 0 Å². The number of nitrogens with zero attached hydrogens (tertiary/aromatic N) is 1. The predicted octanol–water partition coefficient (Wildman–Crippen LogP) is 4.63. The van der Waals surface area contributed by atoms with E-state index < -0.39 is 0 Å². The Hall–Kier alpha value is -0.570. The summed E-state index contributed by atoms with van der Waals surface area (Å²) in [6.45, 7) is 2.84. The Kier molecular flexibility index (Phi) is 5.48. The molecule has 1 aliphatic carbocycles. The van der Waals surface area contributed by atoms with Gasteiger partial charge in [0.2, 0.25) is 0 Å². The van der Waals surface area contributed by atoms with Crippen molar-refractivity contribution in [3.05, 3.63) is 23.5 Å². The van der Waals surface area contributed by atoms with Crippen LogP contribution in [0, 0.1) is 12.8 Å². The van der Waals surface area contributed by atoms with Crippen LogP contribution in [0.3, 0.4) is 0 Å². The van der Waals surface area contributed by atoms with Crippen molar-refractivity contribution < 1.29 is 4.74 Å². The highest BCUT2D eigenvalue weighted by Crippen LogP contribution is 2.27. The van der Waals surface area contributed by atoms with Crippen LogP contribution in [-0.2, 0) is 5.33 Å². The number of halogens is 1. The van der Waals surface area contributed by atoms with Crippen LogP contribution in [0.2, 0.25) is 0 Å². The highest BCUT2D eigenvalue weighted by Gasteiger charge is 2.13. The molecule has 1 fully saturated rings. The number of ether oxygens (including phenoxy) is 1. The summed E-state index contributed by atoms with van der Waals surface area (Å²) in [5.74, 6) is 1.82. The third-order valence-corrected chi connectivity index (χ3v) is 4.24. The number of pyridine rings is 1. The Bertz CT molecular complexity index is 375. The predicted molar refractivity (Wildman–Crippen MR) is 78.3 cm³/mol. The van der Waals surface area contributed by atoms with E-state index in [1.807, 2.05) is 19.1 Å². The minimum Gasteiger partial charge on any atom is -0.492 e. The molecule has 1 aromatic heterocycles. The lowest BCUT2D eigenvalue weighted by Crippen LogP contribution is -2.11. The van der Waals surface area contributed by atoms with Crippen molar-refractivity contribution in [2.24, 2.45) is 5.92 Å². The molecule has 1 aliphatic rings. The van der Waals surface area contributed by atoms with E-state index in [1.54, 1.807) is 0 Å². The van der Waals surface area contributed by atoms with Crippen molar-refractivity contribution in [3.8, 4) is 5.75 Å². The molecule has 1 aromatic rings. The normalized spacial score (nSPS) is 16.8. The summed E-state index contributed by atoms with van der Waals surface area (Å²) < 4.78 is 5.89. The number of aromatic nitrogens is 1. The number of aryl methyl sites for hydroxylation is 1. The summed E-state index contributed by atoms with van der Waals surface area (Å²) in [5.41, 5.74) is 2.06. The number of hydrogen-bond acceptors (Lipinski definition) is 2. The van der Waals surface area contributed by atoms with Gasteiger partial charge >= 0.3 is 0 Å². The summed E-state index contributed by atoms with van der Waals surface area (Å²) in [7, 11) is 0. The van der Waals surface area contributed by atoms with Gasteiger partial charge in [0.25, 0.3) is 0 Å². The fraction of sp³-hybridized carbons (Fsp3) is 0.667. The van der Waals surface area contributed by atoms with Crippen LogP contribution < -0.4 is 4.74 Å². The first-order valence-electron chi connectivity index (χ1n) is 6.95. The zero-order chi connectivity index (χ0) is 12.8. The monoisotopic (exact) mass is 311 g/mol. The molecule has 0 aliphatic heterocycles. The van der Waals surface area contributed by atoms with Crippen molar-refractivity contribution in [1.29, 1.82) is 0 Å². The smallest absolute Gasteiger partial charge is 0.141 e. The van der Waals surface area contributed by atoms with Gasteiger partial charge in [-0.15, -0.1) is 0 Å². The average molecular weight is 312 g/mol. The van der Waals surface area contributed by atoms with E-state index in [4.69, 9.17) is 4.74 Å². The maximum absolute atomic E-state index is 5.89. The molecule has 1 heterocycles. The van der Waals surface area contributed by atoms with Crippen LogP contribution in [0.1, 0.15) is 49.9 Å². The molecule has 0 saturated heterocycles. The molecule has 0 atom stereocenters. The maximum atomic E-state index is 5.89. The average Bonchev–Trinajstić information content (AvgIpc) is 2.41. The van der Waals surface area contributed by atoms with E-state index in [2.05, 4.69) is 20.9 Å². The minimum atomic E-state index is 0.757. The Labute approximate surface area is 118 Å². The van der Waals surface area contributed by atoms with E-state index in [9.17, 15) is 0 Å². The maximum Gasteiger partial charge on any atom is 0.141 e. The Morgan fingerprint density at radius 1 is 1.28 bits per heavy atom. The lowest BCUT2D eigenvalue weighted by Gasteiger charge is -2.21. The minimum absolute atomic E-state index is 0.757. The number of rotatable bonds is 5. The summed E-state index contributed by atoms with van der Waals surface area (Å²) in [6.07, 6.45) is 8.21. The molecule has 2 nitrogen and oxygen atoms in total. The number of alkyl halides is 1. The molecule has 0 spiro atoms. The molecule has 0 amide bonds. The second-order valence-electron chi connectivity index (χ2n) is 5.17. The number of hydrogen-bond donors (Lipinski definition) is 0. The lowest BCUT2D eigenvalue weighted by molar-refractivity contribution is 0.244. The highest BCUT2D eigenvalue weighted by atomic mass is 79.9. The van der Waals surface area contributed by atoms with Gasteiger partial charge in [0, 0.05) is 11.0 Å². The first-order valence-corrected chi connectivity index (χ1v) is 8.07. The third-order valence-electron chi connectivity index (χ3n) is 3.71. The molecule has 1 saturated carbocycles. The van der Waals surface area contributed by atoms with Crippen molar-refractivity contribution >= 4 is 15.9 Å². The molecule has 2 rings (SSSR count). The zero-order valence-corrected chi connectivity index (χ0v) is 12.7. The van der Waals surface area contributed by atoms with Gasteiger partial charge in [-0.2, -0.15) is 0 Å². The molecule has 18 heavy (non-hydrogen) atoms. The molecular formula is C15H22BrNO. The van der Waals surface area contributed by atoms with Gasteiger partial charge in [-0.05, 0) is 31.4 Å². The molecular weight excluding hydrogens is 290 g/mol. The van der Waals surface area contributed by atoms with E-state index in [0.717, 1.165) is 35.0 Å².